The molecule has 2 heterocycles. The highest BCUT2D eigenvalue weighted by atomic mass is 16.4. The fourth-order valence-electron chi connectivity index (χ4n) is 1.92. The van der Waals surface area contributed by atoms with Gasteiger partial charge < -0.3 is 32.1 Å². The number of carboxylic acid groups (broad SMARTS) is 1. The van der Waals surface area contributed by atoms with Gasteiger partial charge in [-0.3, -0.25) is 4.79 Å². The fourth-order valence-corrected chi connectivity index (χ4v) is 1.92. The Kier molecular flexibility index (Phi) is 7.84. The van der Waals surface area contributed by atoms with Gasteiger partial charge in [-0.1, -0.05) is 0 Å². The first kappa shape index (κ1) is 20.0. The normalized spacial score (nSPS) is 10.3. The van der Waals surface area contributed by atoms with Crippen molar-refractivity contribution in [2.75, 3.05) is 54.0 Å². The quantitative estimate of drug-likeness (QED) is 0.251. The molecule has 0 radical (unpaired) electrons. The number of hydrogen-bond donors (Lipinski definition) is 6. The van der Waals surface area contributed by atoms with E-state index in [-0.39, 0.29) is 13.0 Å². The maximum absolute atomic E-state index is 10.6. The SMILES string of the molecule is Cc1nc(NCCNc2ncnc(NCCN)n2)nc(NCCC(=O)O)n1. The van der Waals surface area contributed by atoms with E-state index in [1.807, 2.05) is 0 Å². The smallest absolute Gasteiger partial charge is 0.305 e. The Morgan fingerprint density at radius 3 is 2.00 bits per heavy atom. The number of nitrogens with two attached hydrogens (primary N) is 1. The highest BCUT2D eigenvalue weighted by molar-refractivity contribution is 5.67. The maximum Gasteiger partial charge on any atom is 0.305 e. The minimum Gasteiger partial charge on any atom is -0.481 e. The molecule has 0 spiro atoms. The Hall–Kier alpha value is -3.35. The monoisotopic (exact) mass is 377 g/mol. The van der Waals surface area contributed by atoms with Crippen LogP contribution in [0.3, 0.4) is 0 Å². The van der Waals surface area contributed by atoms with Crippen LogP contribution in [0.25, 0.3) is 0 Å². The van der Waals surface area contributed by atoms with E-state index in [4.69, 9.17) is 10.8 Å². The first-order valence-electron chi connectivity index (χ1n) is 8.36. The van der Waals surface area contributed by atoms with Gasteiger partial charge in [0.25, 0.3) is 0 Å². The molecular weight excluding hydrogens is 354 g/mol. The van der Waals surface area contributed by atoms with Crippen molar-refractivity contribution in [1.82, 2.24) is 29.9 Å². The molecule has 13 heteroatoms. The predicted molar refractivity (Wildman–Crippen MR) is 99.7 cm³/mol. The van der Waals surface area contributed by atoms with Crippen LogP contribution in [0.1, 0.15) is 12.2 Å². The maximum atomic E-state index is 10.6. The van der Waals surface area contributed by atoms with Crippen LogP contribution in [-0.2, 0) is 4.79 Å². The van der Waals surface area contributed by atoms with Crippen molar-refractivity contribution in [3.63, 3.8) is 0 Å². The van der Waals surface area contributed by atoms with Gasteiger partial charge in [-0.15, -0.1) is 0 Å². The Morgan fingerprint density at radius 2 is 1.41 bits per heavy atom. The molecule has 7 N–H and O–H groups in total. The van der Waals surface area contributed by atoms with E-state index >= 15 is 0 Å². The number of carbonyl (C=O) groups is 1. The van der Waals surface area contributed by atoms with Crippen molar-refractivity contribution in [1.29, 1.82) is 0 Å². The van der Waals surface area contributed by atoms with Crippen molar-refractivity contribution in [2.45, 2.75) is 13.3 Å². The van der Waals surface area contributed by atoms with Crippen LogP contribution in [0.15, 0.2) is 6.33 Å². The van der Waals surface area contributed by atoms with Crippen molar-refractivity contribution in [3.8, 4) is 0 Å². The summed E-state index contributed by atoms with van der Waals surface area (Å²) in [6.07, 6.45) is 1.39. The molecule has 146 valence electrons. The Balaban J connectivity index is 1.79. The van der Waals surface area contributed by atoms with Crippen LogP contribution >= 0.6 is 0 Å². The molecule has 0 amide bonds. The van der Waals surface area contributed by atoms with Gasteiger partial charge in [0, 0.05) is 32.7 Å². The third-order valence-electron chi connectivity index (χ3n) is 3.06. The van der Waals surface area contributed by atoms with Crippen LogP contribution in [0.4, 0.5) is 23.8 Å². The molecule has 0 saturated carbocycles. The number of carboxylic acids is 1. The van der Waals surface area contributed by atoms with Crippen molar-refractivity contribution in [3.05, 3.63) is 12.2 Å². The first-order chi connectivity index (χ1) is 13.1. The number of anilines is 4. The second-order valence-electron chi connectivity index (χ2n) is 5.30. The van der Waals surface area contributed by atoms with Gasteiger partial charge in [0.1, 0.15) is 12.2 Å². The van der Waals surface area contributed by atoms with Crippen molar-refractivity contribution >= 4 is 29.8 Å². The van der Waals surface area contributed by atoms with Gasteiger partial charge in [0.15, 0.2) is 0 Å². The van der Waals surface area contributed by atoms with Gasteiger partial charge in [-0.05, 0) is 6.92 Å². The van der Waals surface area contributed by atoms with E-state index in [0.717, 1.165) is 0 Å². The summed E-state index contributed by atoms with van der Waals surface area (Å²) in [6.45, 7) is 4.05. The number of hydrogen-bond acceptors (Lipinski definition) is 12. The third kappa shape index (κ3) is 7.60. The summed E-state index contributed by atoms with van der Waals surface area (Å²) in [7, 11) is 0. The molecule has 0 bridgehead atoms. The van der Waals surface area contributed by atoms with Crippen LogP contribution in [-0.4, -0.2) is 73.7 Å². The molecule has 0 fully saturated rings. The molecule has 0 aliphatic rings. The third-order valence-corrected chi connectivity index (χ3v) is 3.06. The van der Waals surface area contributed by atoms with Crippen molar-refractivity contribution in [2.24, 2.45) is 5.73 Å². The molecule has 2 rings (SSSR count). The van der Waals surface area contributed by atoms with Crippen LogP contribution < -0.4 is 27.0 Å². The molecule has 2 aromatic rings. The lowest BCUT2D eigenvalue weighted by Gasteiger charge is -2.09. The molecule has 0 atom stereocenters. The number of aliphatic carboxylic acids is 1. The zero-order chi connectivity index (χ0) is 19.5. The average molecular weight is 377 g/mol. The molecule has 0 aliphatic carbocycles. The molecule has 2 aromatic heterocycles. The van der Waals surface area contributed by atoms with E-state index in [1.165, 1.54) is 6.33 Å². The largest absolute Gasteiger partial charge is 0.481 e. The summed E-state index contributed by atoms with van der Waals surface area (Å²) in [5.41, 5.74) is 5.42. The van der Waals surface area contributed by atoms with Gasteiger partial charge >= 0.3 is 5.97 Å². The van der Waals surface area contributed by atoms with Gasteiger partial charge in [0.05, 0.1) is 6.42 Å². The van der Waals surface area contributed by atoms with E-state index in [9.17, 15) is 4.79 Å². The van der Waals surface area contributed by atoms with E-state index in [0.29, 0.717) is 55.8 Å². The number of nitrogens with zero attached hydrogens (tertiary/aromatic N) is 6. The minimum atomic E-state index is -0.891. The molecule has 27 heavy (non-hydrogen) atoms. The van der Waals surface area contributed by atoms with Gasteiger partial charge in [-0.25, -0.2) is 9.97 Å². The molecule has 0 saturated heterocycles. The average Bonchev–Trinajstić information content (AvgIpc) is 2.63. The van der Waals surface area contributed by atoms with Gasteiger partial charge in [-0.2, -0.15) is 19.9 Å². The van der Waals surface area contributed by atoms with Crippen LogP contribution in [0, 0.1) is 6.92 Å². The highest BCUT2D eigenvalue weighted by Crippen LogP contribution is 2.05. The van der Waals surface area contributed by atoms with Crippen molar-refractivity contribution < 1.29 is 9.90 Å². The van der Waals surface area contributed by atoms with Crippen LogP contribution in [0.5, 0.6) is 0 Å². The first-order valence-corrected chi connectivity index (χ1v) is 8.36. The Morgan fingerprint density at radius 1 is 0.889 bits per heavy atom. The van der Waals surface area contributed by atoms with E-state index in [1.54, 1.807) is 6.92 Å². The Labute approximate surface area is 155 Å². The van der Waals surface area contributed by atoms with E-state index in [2.05, 4.69) is 51.2 Å². The second-order valence-corrected chi connectivity index (χ2v) is 5.30. The second kappa shape index (κ2) is 10.6. The number of rotatable bonds is 12. The number of aryl methyl sites for hydroxylation is 1. The van der Waals surface area contributed by atoms with Gasteiger partial charge in [0.2, 0.25) is 23.8 Å². The molecule has 0 aromatic carbocycles. The minimum absolute atomic E-state index is 0.0224. The summed E-state index contributed by atoms with van der Waals surface area (Å²) in [6, 6.07) is 0. The lowest BCUT2D eigenvalue weighted by atomic mass is 10.4. The summed E-state index contributed by atoms with van der Waals surface area (Å²) in [4.78, 5) is 35.3. The summed E-state index contributed by atoms with van der Waals surface area (Å²) in [5.74, 6) is 1.24. The number of aromatic nitrogens is 6. The fraction of sp³-hybridized carbons (Fsp3) is 0.500. The van der Waals surface area contributed by atoms with Crippen LogP contribution in [0.2, 0.25) is 0 Å². The topological polar surface area (TPSA) is 189 Å². The lowest BCUT2D eigenvalue weighted by molar-refractivity contribution is -0.136. The molecule has 13 nitrogen and oxygen atoms in total. The number of nitrogens with one attached hydrogen (secondary N) is 4. The molecular formula is C14H23N11O2. The highest BCUT2D eigenvalue weighted by Gasteiger charge is 2.05. The van der Waals surface area contributed by atoms with E-state index < -0.39 is 5.97 Å². The zero-order valence-corrected chi connectivity index (χ0v) is 14.9. The molecule has 0 aliphatic heterocycles. The summed E-state index contributed by atoms with van der Waals surface area (Å²) in [5, 5.41) is 20.6. The summed E-state index contributed by atoms with van der Waals surface area (Å²) < 4.78 is 0. The standard InChI is InChI=1S/C14H23N11O2/c1-9-22-13(16-4-2-10(26)27)25-14(23-9)19-7-6-18-12-21-8-20-11(24-12)17-5-3-15/h8H,2-7,15H2,1H3,(H,26,27)(H2,16,19,22,23,25)(H2,17,18,20,21,24). The Bertz CT molecular complexity index is 743. The molecule has 0 unspecified atom stereocenters. The summed E-state index contributed by atoms with van der Waals surface area (Å²) >= 11 is 0. The lowest BCUT2D eigenvalue weighted by Crippen LogP contribution is -2.19. The zero-order valence-electron chi connectivity index (χ0n) is 14.9. The predicted octanol–water partition coefficient (Wildman–Crippen LogP) is -0.854.